The van der Waals surface area contributed by atoms with E-state index in [0.29, 0.717) is 19.1 Å². The molecule has 1 saturated carbocycles. The summed E-state index contributed by atoms with van der Waals surface area (Å²) in [5.74, 6) is 0.815. The third-order valence-corrected chi connectivity index (χ3v) is 3.48. The molecule has 0 unspecified atom stereocenters. The fraction of sp³-hybridized carbons (Fsp3) is 0.923. The molecule has 1 aliphatic carbocycles. The van der Waals surface area contributed by atoms with Crippen LogP contribution in [0.25, 0.3) is 0 Å². The fourth-order valence-electron chi connectivity index (χ4n) is 2.14. The summed E-state index contributed by atoms with van der Waals surface area (Å²) < 4.78 is 0. The zero-order valence-corrected chi connectivity index (χ0v) is 11.1. The summed E-state index contributed by atoms with van der Waals surface area (Å²) in [6.45, 7) is 6.20. The Morgan fingerprint density at radius 3 is 2.53 bits per heavy atom. The molecule has 0 aliphatic heterocycles. The molecular formula is C13H26N2O2. The fourth-order valence-corrected chi connectivity index (χ4v) is 2.14. The van der Waals surface area contributed by atoms with Gasteiger partial charge in [-0.1, -0.05) is 13.8 Å². The van der Waals surface area contributed by atoms with Gasteiger partial charge in [-0.05, 0) is 31.6 Å². The van der Waals surface area contributed by atoms with Crippen LogP contribution in [-0.2, 0) is 4.79 Å². The van der Waals surface area contributed by atoms with Gasteiger partial charge in [-0.15, -0.1) is 0 Å². The summed E-state index contributed by atoms with van der Waals surface area (Å²) in [6.07, 6.45) is 4.55. The van der Waals surface area contributed by atoms with Crippen molar-refractivity contribution in [2.75, 3.05) is 26.2 Å². The summed E-state index contributed by atoms with van der Waals surface area (Å²) in [4.78, 5) is 13.8. The summed E-state index contributed by atoms with van der Waals surface area (Å²) in [5.41, 5.74) is 0. The Morgan fingerprint density at radius 2 is 2.06 bits per heavy atom. The van der Waals surface area contributed by atoms with Crippen molar-refractivity contribution in [2.45, 2.75) is 45.6 Å². The third-order valence-electron chi connectivity index (χ3n) is 3.48. The quantitative estimate of drug-likeness (QED) is 0.634. The molecule has 0 heterocycles. The van der Waals surface area contributed by atoms with E-state index >= 15 is 0 Å². The Kier molecular flexibility index (Phi) is 6.52. The Labute approximate surface area is 104 Å². The molecule has 0 bridgehead atoms. The van der Waals surface area contributed by atoms with Crippen molar-refractivity contribution in [3.63, 3.8) is 0 Å². The van der Waals surface area contributed by atoms with Gasteiger partial charge in [-0.3, -0.25) is 9.69 Å². The van der Waals surface area contributed by atoms with Crippen LogP contribution in [0.3, 0.4) is 0 Å². The van der Waals surface area contributed by atoms with E-state index in [-0.39, 0.29) is 12.5 Å². The largest absolute Gasteiger partial charge is 0.395 e. The molecule has 100 valence electrons. The number of aliphatic hydroxyl groups is 1. The number of carbonyl (C=O) groups excluding carboxylic acids is 1. The minimum atomic E-state index is 0.0947. The molecule has 1 amide bonds. The molecule has 0 aromatic carbocycles. The van der Waals surface area contributed by atoms with Gasteiger partial charge in [0.2, 0.25) is 5.91 Å². The van der Waals surface area contributed by atoms with Crippen molar-refractivity contribution >= 4 is 5.91 Å². The second-order valence-corrected chi connectivity index (χ2v) is 4.91. The van der Waals surface area contributed by atoms with E-state index < -0.39 is 0 Å². The molecule has 1 rings (SSSR count). The van der Waals surface area contributed by atoms with Gasteiger partial charge in [-0.2, -0.15) is 0 Å². The maximum Gasteiger partial charge on any atom is 0.234 e. The SMILES string of the molecule is CCC(CC)N(CCO)CC(=O)NCC1CC1. The lowest BCUT2D eigenvalue weighted by Gasteiger charge is -2.29. The second kappa shape index (κ2) is 7.67. The van der Waals surface area contributed by atoms with Crippen LogP contribution in [0.5, 0.6) is 0 Å². The lowest BCUT2D eigenvalue weighted by atomic mass is 10.1. The van der Waals surface area contributed by atoms with Crippen LogP contribution in [0.15, 0.2) is 0 Å². The van der Waals surface area contributed by atoms with E-state index in [1.165, 1.54) is 12.8 Å². The average molecular weight is 242 g/mol. The van der Waals surface area contributed by atoms with Crippen LogP contribution in [0.2, 0.25) is 0 Å². The average Bonchev–Trinajstić information content (AvgIpc) is 3.12. The number of amides is 1. The predicted octanol–water partition coefficient (Wildman–Crippen LogP) is 0.995. The van der Waals surface area contributed by atoms with Crippen LogP contribution in [0, 0.1) is 5.92 Å². The van der Waals surface area contributed by atoms with Crippen molar-refractivity contribution in [1.29, 1.82) is 0 Å². The maximum atomic E-state index is 11.8. The number of nitrogens with zero attached hydrogens (tertiary/aromatic N) is 1. The molecule has 4 heteroatoms. The Morgan fingerprint density at radius 1 is 1.41 bits per heavy atom. The van der Waals surface area contributed by atoms with Crippen LogP contribution < -0.4 is 5.32 Å². The Bertz CT molecular complexity index is 225. The molecular weight excluding hydrogens is 216 g/mol. The number of carbonyl (C=O) groups is 1. The standard InChI is InChI=1S/C13H26N2O2/c1-3-12(4-2)15(7-8-16)10-13(17)14-9-11-5-6-11/h11-12,16H,3-10H2,1-2H3,(H,14,17). The predicted molar refractivity (Wildman–Crippen MR) is 68.8 cm³/mol. The first-order valence-electron chi connectivity index (χ1n) is 6.82. The van der Waals surface area contributed by atoms with Crippen molar-refractivity contribution < 1.29 is 9.90 Å². The number of hydrogen-bond acceptors (Lipinski definition) is 3. The van der Waals surface area contributed by atoms with Gasteiger partial charge in [0.1, 0.15) is 0 Å². The summed E-state index contributed by atoms with van der Waals surface area (Å²) in [6, 6.07) is 0.397. The molecule has 0 spiro atoms. The lowest BCUT2D eigenvalue weighted by Crippen LogP contribution is -2.44. The molecule has 0 radical (unpaired) electrons. The van der Waals surface area contributed by atoms with E-state index in [2.05, 4.69) is 24.1 Å². The molecule has 4 nitrogen and oxygen atoms in total. The minimum Gasteiger partial charge on any atom is -0.395 e. The normalized spacial score (nSPS) is 15.6. The van der Waals surface area contributed by atoms with Crippen LogP contribution in [-0.4, -0.2) is 48.2 Å². The number of hydrogen-bond donors (Lipinski definition) is 2. The van der Waals surface area contributed by atoms with E-state index in [1.54, 1.807) is 0 Å². The maximum absolute atomic E-state index is 11.8. The van der Waals surface area contributed by atoms with Crippen LogP contribution in [0.4, 0.5) is 0 Å². The van der Waals surface area contributed by atoms with Crippen LogP contribution >= 0.6 is 0 Å². The summed E-state index contributed by atoms with van der Waals surface area (Å²) in [7, 11) is 0. The molecule has 17 heavy (non-hydrogen) atoms. The van der Waals surface area contributed by atoms with Gasteiger partial charge in [0.15, 0.2) is 0 Å². The highest BCUT2D eigenvalue weighted by Gasteiger charge is 2.23. The third kappa shape index (κ3) is 5.50. The van der Waals surface area contributed by atoms with Crippen molar-refractivity contribution in [1.82, 2.24) is 10.2 Å². The van der Waals surface area contributed by atoms with Crippen molar-refractivity contribution in [3.05, 3.63) is 0 Å². The van der Waals surface area contributed by atoms with E-state index in [9.17, 15) is 4.79 Å². The highest BCUT2D eigenvalue weighted by atomic mass is 16.3. The van der Waals surface area contributed by atoms with Gasteiger partial charge in [0.25, 0.3) is 0 Å². The highest BCUT2D eigenvalue weighted by molar-refractivity contribution is 5.78. The first-order valence-corrected chi connectivity index (χ1v) is 6.82. The highest BCUT2D eigenvalue weighted by Crippen LogP contribution is 2.27. The number of nitrogens with one attached hydrogen (secondary N) is 1. The Balaban J connectivity index is 2.31. The Hall–Kier alpha value is -0.610. The van der Waals surface area contributed by atoms with Crippen molar-refractivity contribution in [2.24, 2.45) is 5.92 Å². The van der Waals surface area contributed by atoms with E-state index in [1.807, 2.05) is 0 Å². The zero-order chi connectivity index (χ0) is 12.7. The topological polar surface area (TPSA) is 52.6 Å². The molecule has 0 atom stereocenters. The van der Waals surface area contributed by atoms with Gasteiger partial charge < -0.3 is 10.4 Å². The smallest absolute Gasteiger partial charge is 0.234 e. The van der Waals surface area contributed by atoms with Gasteiger partial charge in [-0.25, -0.2) is 0 Å². The lowest BCUT2D eigenvalue weighted by molar-refractivity contribution is -0.123. The second-order valence-electron chi connectivity index (χ2n) is 4.91. The van der Waals surface area contributed by atoms with Gasteiger partial charge in [0, 0.05) is 19.1 Å². The molecule has 0 aromatic heterocycles. The number of rotatable bonds is 9. The molecule has 1 aliphatic rings. The monoisotopic (exact) mass is 242 g/mol. The van der Waals surface area contributed by atoms with Gasteiger partial charge >= 0.3 is 0 Å². The number of aliphatic hydroxyl groups excluding tert-OH is 1. The molecule has 2 N–H and O–H groups in total. The molecule has 1 fully saturated rings. The van der Waals surface area contributed by atoms with Gasteiger partial charge in [0.05, 0.1) is 13.2 Å². The minimum absolute atomic E-state index is 0.0947. The van der Waals surface area contributed by atoms with E-state index in [0.717, 1.165) is 25.3 Å². The summed E-state index contributed by atoms with van der Waals surface area (Å²) in [5, 5.41) is 12.0. The molecule has 0 aromatic rings. The first-order chi connectivity index (χ1) is 8.21. The van der Waals surface area contributed by atoms with E-state index in [4.69, 9.17) is 5.11 Å². The van der Waals surface area contributed by atoms with Crippen molar-refractivity contribution in [3.8, 4) is 0 Å². The summed E-state index contributed by atoms with van der Waals surface area (Å²) >= 11 is 0. The van der Waals surface area contributed by atoms with Crippen LogP contribution in [0.1, 0.15) is 39.5 Å². The zero-order valence-electron chi connectivity index (χ0n) is 11.1. The molecule has 0 saturated heterocycles. The first kappa shape index (κ1) is 14.5.